The van der Waals surface area contributed by atoms with Gasteiger partial charge in [-0.3, -0.25) is 9.59 Å². The van der Waals surface area contributed by atoms with Crippen LogP contribution in [0, 0.1) is 0 Å². The first-order valence-electron chi connectivity index (χ1n) is 7.96. The van der Waals surface area contributed by atoms with E-state index in [9.17, 15) is 9.59 Å². The second kappa shape index (κ2) is 5.60. The minimum atomic E-state index is -0.443. The lowest BCUT2D eigenvalue weighted by Crippen LogP contribution is -2.40. The highest BCUT2D eigenvalue weighted by atomic mass is 16.2. The van der Waals surface area contributed by atoms with Crippen molar-refractivity contribution in [3.05, 3.63) is 75.7 Å². The summed E-state index contributed by atoms with van der Waals surface area (Å²) < 4.78 is 0. The first-order chi connectivity index (χ1) is 11.6. The van der Waals surface area contributed by atoms with Gasteiger partial charge in [0.2, 0.25) is 0 Å². The lowest BCUT2D eigenvalue weighted by atomic mass is 10.1. The van der Waals surface area contributed by atoms with Crippen molar-refractivity contribution in [2.45, 2.75) is 18.9 Å². The zero-order valence-corrected chi connectivity index (χ0v) is 13.3. The SMILES string of the molecule is CN(C(=O)c1nc2ccccc2[nH]c1=O)C1Cc2ccccc2C1. The molecule has 120 valence electrons. The number of amides is 1. The molecule has 1 N–H and O–H groups in total. The van der Waals surface area contributed by atoms with E-state index < -0.39 is 5.56 Å². The van der Waals surface area contributed by atoms with Gasteiger partial charge < -0.3 is 9.88 Å². The predicted molar refractivity (Wildman–Crippen MR) is 92.1 cm³/mol. The average molecular weight is 319 g/mol. The van der Waals surface area contributed by atoms with Crippen molar-refractivity contribution < 1.29 is 4.79 Å². The molecule has 24 heavy (non-hydrogen) atoms. The number of aromatic nitrogens is 2. The van der Waals surface area contributed by atoms with E-state index in [4.69, 9.17) is 0 Å². The topological polar surface area (TPSA) is 66.1 Å². The maximum absolute atomic E-state index is 12.8. The molecule has 1 aliphatic rings. The molecule has 1 heterocycles. The van der Waals surface area contributed by atoms with Gasteiger partial charge in [-0.15, -0.1) is 0 Å². The number of hydrogen-bond acceptors (Lipinski definition) is 3. The van der Waals surface area contributed by atoms with E-state index >= 15 is 0 Å². The van der Waals surface area contributed by atoms with Crippen LogP contribution in [0.25, 0.3) is 11.0 Å². The predicted octanol–water partition coefficient (Wildman–Crippen LogP) is 2.16. The Morgan fingerprint density at radius 3 is 2.42 bits per heavy atom. The van der Waals surface area contributed by atoms with Gasteiger partial charge in [0.05, 0.1) is 11.0 Å². The molecule has 5 heteroatoms. The summed E-state index contributed by atoms with van der Waals surface area (Å²) in [5, 5.41) is 0. The second-order valence-corrected chi connectivity index (χ2v) is 6.18. The molecule has 0 radical (unpaired) electrons. The number of benzene rings is 2. The van der Waals surface area contributed by atoms with Crippen molar-refractivity contribution in [1.82, 2.24) is 14.9 Å². The van der Waals surface area contributed by atoms with E-state index in [1.54, 1.807) is 24.1 Å². The van der Waals surface area contributed by atoms with Crippen molar-refractivity contribution in [3.63, 3.8) is 0 Å². The quantitative estimate of drug-likeness (QED) is 0.787. The van der Waals surface area contributed by atoms with Gasteiger partial charge in [-0.05, 0) is 36.1 Å². The second-order valence-electron chi connectivity index (χ2n) is 6.18. The summed E-state index contributed by atoms with van der Waals surface area (Å²) in [6, 6.07) is 15.5. The third kappa shape index (κ3) is 2.38. The Morgan fingerprint density at radius 2 is 1.71 bits per heavy atom. The van der Waals surface area contributed by atoms with Gasteiger partial charge in [0, 0.05) is 13.1 Å². The van der Waals surface area contributed by atoms with E-state index in [0.717, 1.165) is 12.8 Å². The summed E-state index contributed by atoms with van der Waals surface area (Å²) in [4.78, 5) is 33.7. The van der Waals surface area contributed by atoms with Crippen LogP contribution in [0.2, 0.25) is 0 Å². The van der Waals surface area contributed by atoms with Crippen LogP contribution in [-0.4, -0.2) is 33.9 Å². The number of nitrogens with one attached hydrogen (secondary N) is 1. The van der Waals surface area contributed by atoms with Crippen LogP contribution in [0.5, 0.6) is 0 Å². The molecule has 1 aromatic heterocycles. The Morgan fingerprint density at radius 1 is 1.08 bits per heavy atom. The van der Waals surface area contributed by atoms with E-state index in [-0.39, 0.29) is 17.6 Å². The number of aromatic amines is 1. The average Bonchev–Trinajstić information content (AvgIpc) is 3.04. The molecule has 5 nitrogen and oxygen atoms in total. The molecule has 0 atom stereocenters. The maximum Gasteiger partial charge on any atom is 0.280 e. The lowest BCUT2D eigenvalue weighted by molar-refractivity contribution is 0.0730. The molecule has 2 aromatic carbocycles. The smallest absolute Gasteiger partial charge is 0.280 e. The first-order valence-corrected chi connectivity index (χ1v) is 7.96. The Kier molecular flexibility index (Phi) is 3.41. The fourth-order valence-corrected chi connectivity index (χ4v) is 3.32. The summed E-state index contributed by atoms with van der Waals surface area (Å²) in [7, 11) is 1.75. The van der Waals surface area contributed by atoms with E-state index in [1.807, 2.05) is 24.3 Å². The van der Waals surface area contributed by atoms with Gasteiger partial charge in [-0.1, -0.05) is 36.4 Å². The molecule has 0 saturated heterocycles. The molecule has 1 aliphatic carbocycles. The van der Waals surface area contributed by atoms with Gasteiger partial charge in [-0.25, -0.2) is 4.98 Å². The number of fused-ring (bicyclic) bond motifs is 2. The van der Waals surface area contributed by atoms with Gasteiger partial charge in [0.25, 0.3) is 11.5 Å². The zero-order valence-electron chi connectivity index (χ0n) is 13.3. The monoisotopic (exact) mass is 319 g/mol. The van der Waals surface area contributed by atoms with E-state index in [2.05, 4.69) is 22.1 Å². The summed E-state index contributed by atoms with van der Waals surface area (Å²) in [5.41, 5.74) is 3.29. The van der Waals surface area contributed by atoms with Gasteiger partial charge in [0.1, 0.15) is 0 Å². The number of para-hydroxylation sites is 2. The number of nitrogens with zero attached hydrogens (tertiary/aromatic N) is 2. The van der Waals surface area contributed by atoms with Gasteiger partial charge in [0.15, 0.2) is 5.69 Å². The highest BCUT2D eigenvalue weighted by Crippen LogP contribution is 2.25. The molecule has 0 bridgehead atoms. The van der Waals surface area contributed by atoms with Crippen molar-refractivity contribution in [1.29, 1.82) is 0 Å². The Bertz CT molecular complexity index is 968. The maximum atomic E-state index is 12.8. The lowest BCUT2D eigenvalue weighted by Gasteiger charge is -2.23. The largest absolute Gasteiger partial charge is 0.337 e. The molecule has 0 fully saturated rings. The number of carbonyl (C=O) groups is 1. The highest BCUT2D eigenvalue weighted by Gasteiger charge is 2.29. The van der Waals surface area contributed by atoms with Crippen molar-refractivity contribution >= 4 is 16.9 Å². The Labute approximate surface area is 139 Å². The van der Waals surface area contributed by atoms with Gasteiger partial charge in [-0.2, -0.15) is 0 Å². The fourth-order valence-electron chi connectivity index (χ4n) is 3.32. The minimum absolute atomic E-state index is 0.0489. The first kappa shape index (κ1) is 14.6. The molecule has 0 spiro atoms. The molecule has 0 unspecified atom stereocenters. The fraction of sp³-hybridized carbons (Fsp3) is 0.211. The normalized spacial score (nSPS) is 13.9. The molecule has 3 aromatic rings. The molecule has 0 aliphatic heterocycles. The number of H-pyrrole nitrogens is 1. The van der Waals surface area contributed by atoms with Crippen LogP contribution in [-0.2, 0) is 12.8 Å². The van der Waals surface area contributed by atoms with E-state index in [1.165, 1.54) is 11.1 Å². The molecule has 1 amide bonds. The Balaban J connectivity index is 1.64. The summed E-state index contributed by atoms with van der Waals surface area (Å²) in [6.07, 6.45) is 1.62. The number of likely N-dealkylation sites (N-methyl/N-ethyl adjacent to an activating group) is 1. The summed E-state index contributed by atoms with van der Waals surface area (Å²) >= 11 is 0. The van der Waals surface area contributed by atoms with E-state index in [0.29, 0.717) is 11.0 Å². The molecular formula is C19H17N3O2. The van der Waals surface area contributed by atoms with Crippen LogP contribution >= 0.6 is 0 Å². The number of carbonyl (C=O) groups excluding carboxylic acids is 1. The van der Waals surface area contributed by atoms with Crippen molar-refractivity contribution in [2.75, 3.05) is 7.05 Å². The summed E-state index contributed by atoms with van der Waals surface area (Å²) in [6.45, 7) is 0. The van der Waals surface area contributed by atoms with Gasteiger partial charge >= 0.3 is 0 Å². The standard InChI is InChI=1S/C19H17N3O2/c1-22(14-10-12-6-2-3-7-13(12)11-14)19(24)17-18(23)21-16-9-5-4-8-15(16)20-17/h2-9,14H,10-11H2,1H3,(H,21,23). The van der Waals surface area contributed by atoms with Crippen molar-refractivity contribution in [2.24, 2.45) is 0 Å². The van der Waals surface area contributed by atoms with Crippen LogP contribution in [0.15, 0.2) is 53.3 Å². The van der Waals surface area contributed by atoms with Crippen molar-refractivity contribution in [3.8, 4) is 0 Å². The van der Waals surface area contributed by atoms with Crippen LogP contribution in [0.3, 0.4) is 0 Å². The van der Waals surface area contributed by atoms with Crippen LogP contribution in [0.1, 0.15) is 21.6 Å². The van der Waals surface area contributed by atoms with Crippen LogP contribution < -0.4 is 5.56 Å². The highest BCUT2D eigenvalue weighted by molar-refractivity contribution is 5.93. The number of hydrogen-bond donors (Lipinski definition) is 1. The Hall–Kier alpha value is -2.95. The third-order valence-corrected chi connectivity index (χ3v) is 4.70. The minimum Gasteiger partial charge on any atom is -0.337 e. The number of rotatable bonds is 2. The summed E-state index contributed by atoms with van der Waals surface area (Å²) in [5.74, 6) is -0.334. The molecule has 0 saturated carbocycles. The third-order valence-electron chi connectivity index (χ3n) is 4.70. The zero-order chi connectivity index (χ0) is 16.7. The van der Waals surface area contributed by atoms with Crippen LogP contribution in [0.4, 0.5) is 0 Å². The molecule has 4 rings (SSSR count). The molecular weight excluding hydrogens is 302 g/mol.